The first-order valence-electron chi connectivity index (χ1n) is 8.51. The van der Waals surface area contributed by atoms with Crippen molar-refractivity contribution in [2.75, 3.05) is 16.8 Å². The van der Waals surface area contributed by atoms with Crippen LogP contribution < -0.4 is 10.2 Å². The number of benzene rings is 2. The molecule has 26 heavy (non-hydrogen) atoms. The maximum atomic E-state index is 12.5. The van der Waals surface area contributed by atoms with Crippen LogP contribution in [0.4, 0.5) is 11.4 Å². The van der Waals surface area contributed by atoms with Gasteiger partial charge in [0.05, 0.1) is 5.92 Å². The van der Waals surface area contributed by atoms with Crippen molar-refractivity contribution in [2.45, 2.75) is 26.2 Å². The Morgan fingerprint density at radius 1 is 1.12 bits per heavy atom. The van der Waals surface area contributed by atoms with E-state index in [4.69, 9.17) is 23.2 Å². The molecular weight excluding hydrogens is 371 g/mol. The van der Waals surface area contributed by atoms with Crippen molar-refractivity contribution in [1.29, 1.82) is 0 Å². The van der Waals surface area contributed by atoms with E-state index in [2.05, 4.69) is 19.2 Å². The van der Waals surface area contributed by atoms with Gasteiger partial charge < -0.3 is 10.2 Å². The normalized spacial score (nSPS) is 17.0. The highest BCUT2D eigenvalue weighted by molar-refractivity contribution is 6.35. The lowest BCUT2D eigenvalue weighted by atomic mass is 10.0. The molecule has 0 aliphatic carbocycles. The topological polar surface area (TPSA) is 49.4 Å². The fourth-order valence-electron chi connectivity index (χ4n) is 3.04. The van der Waals surface area contributed by atoms with Crippen LogP contribution in [0.1, 0.15) is 31.7 Å². The molecular formula is C20H20Cl2N2O2. The Labute approximate surface area is 163 Å². The maximum absolute atomic E-state index is 12.5. The zero-order valence-electron chi connectivity index (χ0n) is 14.6. The molecule has 1 saturated heterocycles. The third kappa shape index (κ3) is 4.19. The van der Waals surface area contributed by atoms with Gasteiger partial charge in [0.2, 0.25) is 11.8 Å². The van der Waals surface area contributed by atoms with Crippen LogP contribution in [0, 0.1) is 5.92 Å². The van der Waals surface area contributed by atoms with Gasteiger partial charge in [-0.15, -0.1) is 0 Å². The van der Waals surface area contributed by atoms with Crippen LogP contribution in [0.2, 0.25) is 10.0 Å². The van der Waals surface area contributed by atoms with E-state index in [-0.39, 0.29) is 18.2 Å². The summed E-state index contributed by atoms with van der Waals surface area (Å²) >= 11 is 11.9. The van der Waals surface area contributed by atoms with Gasteiger partial charge in [0.25, 0.3) is 0 Å². The quantitative estimate of drug-likeness (QED) is 0.788. The van der Waals surface area contributed by atoms with Crippen LogP contribution in [0.15, 0.2) is 42.5 Å². The Hall–Kier alpha value is -2.04. The largest absolute Gasteiger partial charge is 0.326 e. The second kappa shape index (κ2) is 7.68. The van der Waals surface area contributed by atoms with E-state index in [0.717, 1.165) is 5.69 Å². The lowest BCUT2D eigenvalue weighted by molar-refractivity contribution is -0.122. The fourth-order valence-corrected chi connectivity index (χ4v) is 3.57. The van der Waals surface area contributed by atoms with Gasteiger partial charge in [-0.05, 0) is 41.8 Å². The van der Waals surface area contributed by atoms with E-state index in [0.29, 0.717) is 28.2 Å². The predicted octanol–water partition coefficient (Wildman–Crippen LogP) is 5.11. The number of nitrogens with zero attached hydrogens (tertiary/aromatic N) is 1. The maximum Gasteiger partial charge on any atom is 0.229 e. The monoisotopic (exact) mass is 390 g/mol. The lowest BCUT2D eigenvalue weighted by Crippen LogP contribution is -2.28. The zero-order chi connectivity index (χ0) is 18.8. The number of nitrogens with one attached hydrogen (secondary N) is 1. The first kappa shape index (κ1) is 18.7. The molecule has 0 unspecified atom stereocenters. The van der Waals surface area contributed by atoms with Crippen molar-refractivity contribution < 1.29 is 9.59 Å². The third-order valence-corrected chi connectivity index (χ3v) is 4.93. The molecule has 0 saturated carbocycles. The molecule has 2 aromatic rings. The molecule has 136 valence electrons. The summed E-state index contributed by atoms with van der Waals surface area (Å²) < 4.78 is 0. The van der Waals surface area contributed by atoms with Crippen molar-refractivity contribution in [3.63, 3.8) is 0 Å². The molecule has 0 bridgehead atoms. The van der Waals surface area contributed by atoms with Crippen molar-refractivity contribution in [3.05, 3.63) is 58.1 Å². The first-order valence-corrected chi connectivity index (χ1v) is 9.26. The van der Waals surface area contributed by atoms with E-state index in [9.17, 15) is 9.59 Å². The number of halogens is 2. The number of rotatable bonds is 4. The van der Waals surface area contributed by atoms with Crippen molar-refractivity contribution in [2.24, 2.45) is 5.92 Å². The van der Waals surface area contributed by atoms with Gasteiger partial charge in [0.1, 0.15) is 0 Å². The molecule has 1 atom stereocenters. The van der Waals surface area contributed by atoms with Crippen LogP contribution in [-0.4, -0.2) is 18.4 Å². The van der Waals surface area contributed by atoms with Gasteiger partial charge in [0.15, 0.2) is 0 Å². The van der Waals surface area contributed by atoms with E-state index in [1.807, 2.05) is 24.3 Å². The highest BCUT2D eigenvalue weighted by atomic mass is 35.5. The summed E-state index contributed by atoms with van der Waals surface area (Å²) in [7, 11) is 0. The number of hydrogen-bond donors (Lipinski definition) is 1. The Kier molecular flexibility index (Phi) is 5.54. The summed E-state index contributed by atoms with van der Waals surface area (Å²) in [6, 6.07) is 12.8. The van der Waals surface area contributed by atoms with Crippen LogP contribution in [0.25, 0.3) is 0 Å². The summed E-state index contributed by atoms with van der Waals surface area (Å²) in [6.45, 7) is 4.61. The molecule has 0 radical (unpaired) electrons. The van der Waals surface area contributed by atoms with Crippen molar-refractivity contribution in [1.82, 2.24) is 0 Å². The molecule has 2 amide bonds. The first-order chi connectivity index (χ1) is 12.3. The van der Waals surface area contributed by atoms with Gasteiger partial charge in [-0.2, -0.15) is 0 Å². The van der Waals surface area contributed by atoms with Gasteiger partial charge in [0, 0.05) is 34.4 Å². The summed E-state index contributed by atoms with van der Waals surface area (Å²) in [6.07, 6.45) is 0.187. The Bertz CT molecular complexity index is 814. The lowest BCUT2D eigenvalue weighted by Gasteiger charge is -2.18. The van der Waals surface area contributed by atoms with Crippen LogP contribution in [-0.2, 0) is 9.59 Å². The summed E-state index contributed by atoms with van der Waals surface area (Å²) in [5, 5.41) is 3.69. The molecule has 2 aromatic carbocycles. The minimum absolute atomic E-state index is 0.0495. The van der Waals surface area contributed by atoms with Gasteiger partial charge in [-0.25, -0.2) is 0 Å². The van der Waals surface area contributed by atoms with Gasteiger partial charge in [-0.1, -0.05) is 49.2 Å². The van der Waals surface area contributed by atoms with E-state index < -0.39 is 5.92 Å². The molecule has 0 spiro atoms. The molecule has 0 aromatic heterocycles. The fraction of sp³-hybridized carbons (Fsp3) is 0.300. The van der Waals surface area contributed by atoms with Crippen molar-refractivity contribution >= 4 is 46.4 Å². The minimum Gasteiger partial charge on any atom is -0.326 e. The SMILES string of the molecule is CC(C)c1ccc(N2C[C@@H](C(=O)Nc3cc(Cl)cc(Cl)c3)CC2=O)cc1. The standard InChI is InChI=1S/C20H20Cl2N2O2/c1-12(2)13-3-5-18(6-4-13)24-11-14(7-19(24)25)20(26)23-17-9-15(21)8-16(22)10-17/h3-6,8-10,12,14H,7,11H2,1-2H3,(H,23,26)/t14-/m0/s1. The Morgan fingerprint density at radius 3 is 2.31 bits per heavy atom. The highest BCUT2D eigenvalue weighted by Gasteiger charge is 2.35. The van der Waals surface area contributed by atoms with E-state index in [1.54, 1.807) is 23.1 Å². The molecule has 1 aliphatic rings. The molecule has 4 nitrogen and oxygen atoms in total. The molecule has 1 aliphatic heterocycles. The number of anilines is 2. The van der Waals surface area contributed by atoms with Gasteiger partial charge in [-0.3, -0.25) is 9.59 Å². The average Bonchev–Trinajstić information content (AvgIpc) is 2.96. The van der Waals surface area contributed by atoms with E-state index in [1.165, 1.54) is 5.56 Å². The zero-order valence-corrected chi connectivity index (χ0v) is 16.1. The van der Waals surface area contributed by atoms with Crippen LogP contribution >= 0.6 is 23.2 Å². The molecule has 3 rings (SSSR count). The second-order valence-electron chi connectivity index (χ2n) is 6.80. The number of amides is 2. The van der Waals surface area contributed by atoms with Crippen LogP contribution in [0.3, 0.4) is 0 Å². The Morgan fingerprint density at radius 2 is 1.73 bits per heavy atom. The highest BCUT2D eigenvalue weighted by Crippen LogP contribution is 2.28. The molecule has 1 fully saturated rings. The smallest absolute Gasteiger partial charge is 0.229 e. The third-order valence-electron chi connectivity index (χ3n) is 4.50. The van der Waals surface area contributed by atoms with Crippen molar-refractivity contribution in [3.8, 4) is 0 Å². The van der Waals surface area contributed by atoms with Gasteiger partial charge >= 0.3 is 0 Å². The molecule has 1 heterocycles. The molecule has 1 N–H and O–H groups in total. The molecule has 6 heteroatoms. The average molecular weight is 391 g/mol. The number of hydrogen-bond acceptors (Lipinski definition) is 2. The predicted molar refractivity (Wildman–Crippen MR) is 106 cm³/mol. The van der Waals surface area contributed by atoms with E-state index >= 15 is 0 Å². The number of carbonyl (C=O) groups is 2. The summed E-state index contributed by atoms with van der Waals surface area (Å²) in [4.78, 5) is 26.6. The minimum atomic E-state index is -0.412. The summed E-state index contributed by atoms with van der Waals surface area (Å²) in [5.41, 5.74) is 2.56. The second-order valence-corrected chi connectivity index (χ2v) is 7.67. The Balaban J connectivity index is 1.69. The number of carbonyl (C=O) groups excluding carboxylic acids is 2. The van der Waals surface area contributed by atoms with Crippen LogP contribution in [0.5, 0.6) is 0 Å². The summed E-state index contributed by atoms with van der Waals surface area (Å²) in [5.74, 6) is -0.240.